The van der Waals surface area contributed by atoms with Crippen LogP contribution in [0.4, 0.5) is 5.69 Å². The first-order chi connectivity index (χ1) is 12.8. The van der Waals surface area contributed by atoms with Crippen LogP contribution in [0.3, 0.4) is 0 Å². The summed E-state index contributed by atoms with van der Waals surface area (Å²) in [5.74, 6) is -1.34. The van der Waals surface area contributed by atoms with Gasteiger partial charge in [0.15, 0.2) is 4.90 Å². The zero-order chi connectivity index (χ0) is 19.6. The molecule has 0 saturated heterocycles. The lowest BCUT2D eigenvalue weighted by molar-refractivity contribution is -0.387. The molecule has 3 N–H and O–H groups in total. The number of rotatable bonds is 7. The van der Waals surface area contributed by atoms with Gasteiger partial charge in [0.1, 0.15) is 5.58 Å². The molecule has 3 aromatic rings. The summed E-state index contributed by atoms with van der Waals surface area (Å²) in [6.07, 6.45) is 1.31. The third kappa shape index (κ3) is 4.01. The maximum Gasteiger partial charge on any atom is 0.471 e. The molecular weight excluding hydrogens is 375 g/mol. The van der Waals surface area contributed by atoms with Crippen molar-refractivity contribution in [2.75, 3.05) is 0 Å². The van der Waals surface area contributed by atoms with E-state index in [1.165, 1.54) is 18.4 Å². The summed E-state index contributed by atoms with van der Waals surface area (Å²) in [5.41, 5.74) is 0.527. The minimum Gasteiger partial charge on any atom is -0.464 e. The molecule has 9 nitrogen and oxygen atoms in total. The van der Waals surface area contributed by atoms with Crippen molar-refractivity contribution in [1.82, 2.24) is 4.72 Å². The molecule has 0 saturated carbocycles. The molecule has 140 valence electrons. The highest BCUT2D eigenvalue weighted by molar-refractivity contribution is 7.89. The van der Waals surface area contributed by atoms with Crippen LogP contribution >= 0.6 is 0 Å². The minimum absolute atomic E-state index is 0.0887. The fourth-order valence-corrected chi connectivity index (χ4v) is 4.14. The van der Waals surface area contributed by atoms with Gasteiger partial charge in [-0.25, -0.2) is 13.1 Å². The first-order valence-electron chi connectivity index (χ1n) is 7.86. The number of nitrogens with zero attached hydrogens (tertiary/aromatic N) is 1. The third-order valence-corrected chi connectivity index (χ3v) is 5.56. The zero-order valence-electron chi connectivity index (χ0n) is 13.8. The van der Waals surface area contributed by atoms with Gasteiger partial charge in [0.25, 0.3) is 5.69 Å². The summed E-state index contributed by atoms with van der Waals surface area (Å²) in [5, 5.41) is 31.1. The summed E-state index contributed by atoms with van der Waals surface area (Å²) >= 11 is 0. The van der Waals surface area contributed by atoms with Crippen LogP contribution in [0.15, 0.2) is 64.1 Å². The average Bonchev–Trinajstić information content (AvgIpc) is 3.04. The normalized spacial score (nSPS) is 12.8. The fourth-order valence-electron chi connectivity index (χ4n) is 2.73. The van der Waals surface area contributed by atoms with Crippen LogP contribution in [0.2, 0.25) is 0 Å². The molecule has 1 atom stereocenters. The van der Waals surface area contributed by atoms with Crippen LogP contribution in [0, 0.1) is 10.1 Å². The van der Waals surface area contributed by atoms with Crippen molar-refractivity contribution in [3.63, 3.8) is 0 Å². The van der Waals surface area contributed by atoms with Crippen LogP contribution in [0.5, 0.6) is 0 Å². The molecule has 0 fully saturated rings. The Hall–Kier alpha value is -2.73. The number of para-hydroxylation sites is 2. The van der Waals surface area contributed by atoms with E-state index in [9.17, 15) is 28.6 Å². The van der Waals surface area contributed by atoms with E-state index in [0.29, 0.717) is 16.5 Å². The lowest BCUT2D eigenvalue weighted by Crippen LogP contribution is -2.47. The van der Waals surface area contributed by atoms with E-state index in [0.717, 1.165) is 12.1 Å². The molecule has 0 radical (unpaired) electrons. The van der Waals surface area contributed by atoms with E-state index in [1.807, 2.05) is 0 Å². The van der Waals surface area contributed by atoms with Gasteiger partial charge in [-0.05, 0) is 24.1 Å². The molecule has 1 heterocycles. The SMILES string of the molecule is O=[N+]([O-])c1ccccc1S(=O)(=O)NC(Cc1coc2ccccc12)B(O)O. The summed E-state index contributed by atoms with van der Waals surface area (Å²) < 4.78 is 32.7. The van der Waals surface area contributed by atoms with Gasteiger partial charge in [-0.3, -0.25) is 10.1 Å². The van der Waals surface area contributed by atoms with Crippen LogP contribution in [-0.4, -0.2) is 36.4 Å². The van der Waals surface area contributed by atoms with E-state index in [2.05, 4.69) is 4.72 Å². The van der Waals surface area contributed by atoms with Crippen LogP contribution in [-0.2, 0) is 16.4 Å². The van der Waals surface area contributed by atoms with Gasteiger partial charge in [-0.2, -0.15) is 0 Å². The lowest BCUT2D eigenvalue weighted by atomic mass is 9.77. The van der Waals surface area contributed by atoms with Crippen molar-refractivity contribution >= 4 is 33.8 Å². The molecule has 1 aromatic heterocycles. The van der Waals surface area contributed by atoms with E-state index in [-0.39, 0.29) is 6.42 Å². The van der Waals surface area contributed by atoms with Crippen LogP contribution in [0.25, 0.3) is 11.0 Å². The maximum absolute atomic E-state index is 12.6. The number of fused-ring (bicyclic) bond motifs is 1. The maximum atomic E-state index is 12.6. The molecule has 2 aromatic carbocycles. The standard InChI is InChI=1S/C16H15BN2O7S/c20-17(21)16(9-11-10-26-14-7-3-1-5-12(11)14)18-27(24,25)15-8-4-2-6-13(15)19(22)23/h1-8,10,16,18,20-21H,9H2. The van der Waals surface area contributed by atoms with E-state index in [4.69, 9.17) is 4.42 Å². The number of benzene rings is 2. The Morgan fingerprint density at radius 1 is 1.15 bits per heavy atom. The molecular formula is C16H15BN2O7S. The quantitative estimate of drug-likeness (QED) is 0.313. The highest BCUT2D eigenvalue weighted by atomic mass is 32.2. The highest BCUT2D eigenvalue weighted by Gasteiger charge is 2.33. The third-order valence-electron chi connectivity index (χ3n) is 4.02. The molecule has 0 aliphatic heterocycles. The lowest BCUT2D eigenvalue weighted by Gasteiger charge is -2.17. The average molecular weight is 390 g/mol. The van der Waals surface area contributed by atoms with Gasteiger partial charge >= 0.3 is 7.12 Å². The number of nitrogens with one attached hydrogen (secondary N) is 1. The van der Waals surface area contributed by atoms with Gasteiger partial charge in [0.2, 0.25) is 10.0 Å². The van der Waals surface area contributed by atoms with E-state index < -0.39 is 38.6 Å². The topological polar surface area (TPSA) is 143 Å². The molecule has 0 spiro atoms. The van der Waals surface area contributed by atoms with Crippen LogP contribution < -0.4 is 4.72 Å². The van der Waals surface area contributed by atoms with E-state index in [1.54, 1.807) is 24.3 Å². The van der Waals surface area contributed by atoms with Gasteiger partial charge in [-0.15, -0.1) is 0 Å². The smallest absolute Gasteiger partial charge is 0.464 e. The van der Waals surface area contributed by atoms with Gasteiger partial charge in [0, 0.05) is 11.5 Å². The van der Waals surface area contributed by atoms with Crippen molar-refractivity contribution < 1.29 is 27.8 Å². The Balaban J connectivity index is 1.92. The van der Waals surface area contributed by atoms with Gasteiger partial charge in [-0.1, -0.05) is 30.3 Å². The van der Waals surface area contributed by atoms with Crippen LogP contribution in [0.1, 0.15) is 5.56 Å². The van der Waals surface area contributed by atoms with Crippen molar-refractivity contribution in [3.05, 3.63) is 70.5 Å². The molecule has 11 heteroatoms. The largest absolute Gasteiger partial charge is 0.471 e. The highest BCUT2D eigenvalue weighted by Crippen LogP contribution is 2.25. The van der Waals surface area contributed by atoms with Crippen molar-refractivity contribution in [1.29, 1.82) is 0 Å². The predicted octanol–water partition coefficient (Wildman–Crippen LogP) is 1.24. The summed E-state index contributed by atoms with van der Waals surface area (Å²) in [7, 11) is -6.41. The summed E-state index contributed by atoms with van der Waals surface area (Å²) in [6, 6.07) is 11.8. The first kappa shape index (κ1) is 19.0. The van der Waals surface area contributed by atoms with Gasteiger partial charge < -0.3 is 14.5 Å². The second-order valence-corrected chi connectivity index (χ2v) is 7.51. The summed E-state index contributed by atoms with van der Waals surface area (Å²) in [4.78, 5) is 9.72. The number of nitro benzene ring substituents is 1. The number of hydrogen-bond donors (Lipinski definition) is 3. The number of nitro groups is 1. The Morgan fingerprint density at radius 2 is 1.81 bits per heavy atom. The monoisotopic (exact) mass is 390 g/mol. The molecule has 0 bridgehead atoms. The number of furan rings is 1. The zero-order valence-corrected chi connectivity index (χ0v) is 14.7. The molecule has 1 unspecified atom stereocenters. The summed E-state index contributed by atoms with van der Waals surface area (Å²) in [6.45, 7) is 0. The second-order valence-electron chi connectivity index (χ2n) is 5.83. The Bertz CT molecular complexity index is 1080. The van der Waals surface area contributed by atoms with Crippen molar-refractivity contribution in [2.24, 2.45) is 0 Å². The number of sulfonamides is 1. The molecule has 0 amide bonds. The molecule has 0 aliphatic carbocycles. The molecule has 27 heavy (non-hydrogen) atoms. The fraction of sp³-hybridized carbons (Fsp3) is 0.125. The first-order valence-corrected chi connectivity index (χ1v) is 9.35. The van der Waals surface area contributed by atoms with Crippen molar-refractivity contribution in [3.8, 4) is 0 Å². The molecule has 0 aliphatic rings. The molecule has 3 rings (SSSR count). The Morgan fingerprint density at radius 3 is 2.52 bits per heavy atom. The second kappa shape index (κ2) is 7.49. The number of hydrogen-bond acceptors (Lipinski definition) is 7. The van der Waals surface area contributed by atoms with E-state index >= 15 is 0 Å². The van der Waals surface area contributed by atoms with Crippen molar-refractivity contribution in [2.45, 2.75) is 17.3 Å². The Labute approximate surface area is 154 Å². The van der Waals surface area contributed by atoms with Gasteiger partial charge in [0.05, 0.1) is 17.1 Å². The Kier molecular flexibility index (Phi) is 5.28. The predicted molar refractivity (Wildman–Crippen MR) is 97.3 cm³/mol. The minimum atomic E-state index is -4.38.